The van der Waals surface area contributed by atoms with Gasteiger partial charge in [-0.2, -0.15) is 0 Å². The molecule has 0 radical (unpaired) electrons. The van der Waals surface area contributed by atoms with E-state index in [-0.39, 0.29) is 0 Å². The number of rotatable bonds is 5. The van der Waals surface area contributed by atoms with Crippen molar-refractivity contribution in [3.05, 3.63) is 82.8 Å². The number of aromatic nitrogens is 1. The summed E-state index contributed by atoms with van der Waals surface area (Å²) in [5.41, 5.74) is 14.1. The first kappa shape index (κ1) is 16.5. The Hall–Kier alpha value is -2.92. The van der Waals surface area contributed by atoms with Crippen molar-refractivity contribution in [3.8, 4) is 0 Å². The number of nitrogens with two attached hydrogens (primary N) is 1. The van der Waals surface area contributed by atoms with Gasteiger partial charge in [0.25, 0.3) is 0 Å². The molecule has 2 aliphatic rings. The second-order valence-electron chi connectivity index (χ2n) is 7.00. The lowest BCUT2D eigenvalue weighted by atomic mass is 9.93. The van der Waals surface area contributed by atoms with Crippen LogP contribution in [0.15, 0.2) is 66.0 Å². The van der Waals surface area contributed by atoms with E-state index in [0.29, 0.717) is 12.1 Å². The summed E-state index contributed by atoms with van der Waals surface area (Å²) in [7, 11) is -0.512. The highest BCUT2D eigenvalue weighted by atomic mass is 16.1. The standard InChI is InChI=1S/C21H22BN3O/c1-15-12-18(8-7-16-4-2-5-17(13-16)14-26)25-21(15)19(9-10-23)20-6-3-11-24(20)22-25/h2-8,11-14H,9-10,22-23H2,1H3/b8-7+. The van der Waals surface area contributed by atoms with Gasteiger partial charge in [0, 0.05) is 34.6 Å². The van der Waals surface area contributed by atoms with Gasteiger partial charge in [-0.05, 0) is 55.9 Å². The fourth-order valence-corrected chi connectivity index (χ4v) is 4.19. The summed E-state index contributed by atoms with van der Waals surface area (Å²) in [5.74, 6) is 0. The largest absolute Gasteiger partial charge is 0.466 e. The van der Waals surface area contributed by atoms with E-state index in [1.165, 1.54) is 28.2 Å². The van der Waals surface area contributed by atoms with Crippen LogP contribution >= 0.6 is 0 Å². The Balaban J connectivity index is 1.77. The SMILES string of the molecule is CC1=CC(/C=C/c2cccc(C=O)c2)=[N+]2[BH2-]n3cccc3C(CCN)=C12. The molecule has 0 bridgehead atoms. The van der Waals surface area contributed by atoms with Crippen LogP contribution in [0.2, 0.25) is 0 Å². The van der Waals surface area contributed by atoms with Crippen LogP contribution in [0.25, 0.3) is 11.6 Å². The van der Waals surface area contributed by atoms with E-state index in [1.54, 1.807) is 0 Å². The zero-order valence-electron chi connectivity index (χ0n) is 15.1. The van der Waals surface area contributed by atoms with Crippen molar-refractivity contribution in [1.82, 2.24) is 4.48 Å². The maximum atomic E-state index is 11.0. The number of aldehydes is 1. The Morgan fingerprint density at radius 2 is 2.04 bits per heavy atom. The van der Waals surface area contributed by atoms with Crippen molar-refractivity contribution in [3.63, 3.8) is 0 Å². The molecule has 0 unspecified atom stereocenters. The van der Waals surface area contributed by atoms with Crippen LogP contribution in [0.3, 0.4) is 0 Å². The number of nitrogens with zero attached hydrogens (tertiary/aromatic N) is 2. The molecule has 0 saturated carbocycles. The van der Waals surface area contributed by atoms with Crippen LogP contribution in [-0.4, -0.2) is 35.1 Å². The first-order valence-electron chi connectivity index (χ1n) is 9.12. The van der Waals surface area contributed by atoms with E-state index in [4.69, 9.17) is 5.73 Å². The van der Waals surface area contributed by atoms with Gasteiger partial charge < -0.3 is 14.7 Å². The normalized spacial score (nSPS) is 16.2. The number of benzene rings is 1. The number of allylic oxidation sites excluding steroid dienone is 3. The average molecular weight is 343 g/mol. The summed E-state index contributed by atoms with van der Waals surface area (Å²) in [6.07, 6.45) is 10.4. The van der Waals surface area contributed by atoms with E-state index in [0.717, 1.165) is 18.3 Å². The van der Waals surface area contributed by atoms with Crippen LogP contribution in [0.4, 0.5) is 0 Å². The highest BCUT2D eigenvalue weighted by Gasteiger charge is 2.30. The lowest BCUT2D eigenvalue weighted by Gasteiger charge is -2.26. The zero-order valence-corrected chi connectivity index (χ0v) is 15.1. The highest BCUT2D eigenvalue weighted by Crippen LogP contribution is 2.33. The van der Waals surface area contributed by atoms with Crippen LogP contribution in [0.1, 0.15) is 35.0 Å². The molecule has 2 aromatic rings. The molecule has 4 rings (SSSR count). The minimum atomic E-state index is -0.512. The smallest absolute Gasteiger partial charge is 0.353 e. The predicted molar refractivity (Wildman–Crippen MR) is 109 cm³/mol. The van der Waals surface area contributed by atoms with E-state index < -0.39 is 7.55 Å². The maximum absolute atomic E-state index is 11.0. The number of hydrogen-bond donors (Lipinski definition) is 1. The number of carbonyl (C=O) groups is 1. The molecule has 5 heteroatoms. The first-order chi connectivity index (χ1) is 12.7. The Morgan fingerprint density at radius 3 is 2.85 bits per heavy atom. The summed E-state index contributed by atoms with van der Waals surface area (Å²) in [5, 5.41) is 0. The third-order valence-electron chi connectivity index (χ3n) is 5.30. The molecule has 0 atom stereocenters. The fraction of sp³-hybridized carbons (Fsp3) is 0.143. The number of fused-ring (bicyclic) bond motifs is 2. The molecule has 0 spiro atoms. The third-order valence-corrected chi connectivity index (χ3v) is 5.30. The molecule has 0 saturated heterocycles. The van der Waals surface area contributed by atoms with Gasteiger partial charge >= 0.3 is 7.55 Å². The van der Waals surface area contributed by atoms with Gasteiger partial charge in [0.05, 0.1) is 0 Å². The summed E-state index contributed by atoms with van der Waals surface area (Å²) < 4.78 is 4.86. The summed E-state index contributed by atoms with van der Waals surface area (Å²) in [4.78, 5) is 11.0. The molecule has 3 heterocycles. The van der Waals surface area contributed by atoms with Crippen molar-refractivity contribution < 1.29 is 9.28 Å². The molecule has 26 heavy (non-hydrogen) atoms. The van der Waals surface area contributed by atoms with Crippen molar-refractivity contribution in [2.45, 2.75) is 13.3 Å². The molecule has 1 aromatic carbocycles. The quantitative estimate of drug-likeness (QED) is 0.669. The monoisotopic (exact) mass is 343 g/mol. The summed E-state index contributed by atoms with van der Waals surface area (Å²) >= 11 is 0. The summed E-state index contributed by atoms with van der Waals surface area (Å²) in [6.45, 7) is 2.83. The van der Waals surface area contributed by atoms with E-state index in [1.807, 2.05) is 24.3 Å². The van der Waals surface area contributed by atoms with Gasteiger partial charge in [0.15, 0.2) is 11.4 Å². The van der Waals surface area contributed by atoms with Crippen LogP contribution in [0.5, 0.6) is 0 Å². The minimum absolute atomic E-state index is 0.512. The van der Waals surface area contributed by atoms with Gasteiger partial charge in [-0.25, -0.2) is 0 Å². The lowest BCUT2D eigenvalue weighted by Crippen LogP contribution is -2.31. The van der Waals surface area contributed by atoms with Gasteiger partial charge in [0.1, 0.15) is 6.29 Å². The molecule has 0 amide bonds. The van der Waals surface area contributed by atoms with Gasteiger partial charge in [-0.1, -0.05) is 18.2 Å². The van der Waals surface area contributed by atoms with Gasteiger partial charge in [-0.3, -0.25) is 4.79 Å². The molecule has 4 nitrogen and oxygen atoms in total. The van der Waals surface area contributed by atoms with Crippen molar-refractivity contribution in [2.24, 2.45) is 5.73 Å². The predicted octanol–water partition coefficient (Wildman–Crippen LogP) is 2.35. The molecule has 130 valence electrons. The molecule has 0 aliphatic carbocycles. The van der Waals surface area contributed by atoms with Crippen molar-refractivity contribution in [2.75, 3.05) is 6.54 Å². The minimum Gasteiger partial charge on any atom is -0.466 e. The Kier molecular flexibility index (Phi) is 4.31. The zero-order chi connectivity index (χ0) is 18.1. The Labute approximate surface area is 153 Å². The first-order valence-corrected chi connectivity index (χ1v) is 9.12. The van der Waals surface area contributed by atoms with Gasteiger partial charge in [0.2, 0.25) is 0 Å². The number of carbonyl (C=O) groups excluding carboxylic acids is 1. The van der Waals surface area contributed by atoms with E-state index >= 15 is 0 Å². The van der Waals surface area contributed by atoms with Crippen LogP contribution in [0, 0.1) is 0 Å². The Morgan fingerprint density at radius 1 is 1.19 bits per heavy atom. The van der Waals surface area contributed by atoms with Crippen molar-refractivity contribution in [1.29, 1.82) is 0 Å². The van der Waals surface area contributed by atoms with Crippen molar-refractivity contribution >= 4 is 31.2 Å². The molecule has 1 aromatic heterocycles. The molecular formula is C21H22BN3O. The second-order valence-corrected chi connectivity index (χ2v) is 7.00. The second kappa shape index (κ2) is 6.77. The molecule has 2 N–H and O–H groups in total. The van der Waals surface area contributed by atoms with Crippen LogP contribution in [-0.2, 0) is 0 Å². The summed E-state index contributed by atoms with van der Waals surface area (Å²) in [6, 6.07) is 12.0. The highest BCUT2D eigenvalue weighted by molar-refractivity contribution is 6.29. The fourth-order valence-electron chi connectivity index (χ4n) is 4.19. The molecule has 2 aliphatic heterocycles. The topological polar surface area (TPSA) is 51.0 Å². The molecule has 0 fully saturated rings. The van der Waals surface area contributed by atoms with Crippen LogP contribution < -0.4 is 5.73 Å². The lowest BCUT2D eigenvalue weighted by molar-refractivity contribution is -0.314. The van der Waals surface area contributed by atoms with E-state index in [2.05, 4.69) is 52.4 Å². The van der Waals surface area contributed by atoms with Gasteiger partial charge in [-0.15, -0.1) is 0 Å². The molecular weight excluding hydrogens is 321 g/mol. The third kappa shape index (κ3) is 2.80. The average Bonchev–Trinajstić information content (AvgIpc) is 3.25. The maximum Gasteiger partial charge on any atom is 0.353 e. The Bertz CT molecular complexity index is 1010. The number of hydrogen-bond acceptors (Lipinski definition) is 2. The van der Waals surface area contributed by atoms with E-state index in [9.17, 15) is 4.79 Å².